The fraction of sp³-hybridized carbons (Fsp3) is 0.545. The lowest BCUT2D eigenvalue weighted by Crippen LogP contribution is -2.57. The molecule has 1 saturated carbocycles. The maximum Gasteiger partial charge on any atom is 0.147 e. The molecule has 6 heteroatoms. The number of hydrogen-bond acceptors (Lipinski definition) is 4. The Morgan fingerprint density at radius 2 is 2.12 bits per heavy atom. The van der Waals surface area contributed by atoms with Crippen molar-refractivity contribution in [1.29, 1.82) is 0 Å². The van der Waals surface area contributed by atoms with Crippen LogP contribution in [0.2, 0.25) is 10.0 Å². The van der Waals surface area contributed by atoms with Crippen molar-refractivity contribution in [2.75, 3.05) is 11.1 Å². The number of nitrogens with one attached hydrogen (secondary N) is 1. The zero-order valence-electron chi connectivity index (χ0n) is 9.67. The molecule has 17 heavy (non-hydrogen) atoms. The Hall–Kier alpha value is -0.710. The fourth-order valence-electron chi connectivity index (χ4n) is 1.89. The first-order valence-corrected chi connectivity index (χ1v) is 6.14. The number of hydrogen-bond donors (Lipinski definition) is 3. The number of rotatable bonds is 2. The van der Waals surface area contributed by atoms with E-state index < -0.39 is 0 Å². The SMILES string of the molecule is CC1(C)C(O)CC1Nc1nc(N)c(Cl)cc1Cl. The van der Waals surface area contributed by atoms with Crippen LogP contribution in [0.4, 0.5) is 11.6 Å². The van der Waals surface area contributed by atoms with Crippen LogP contribution in [0.5, 0.6) is 0 Å². The maximum atomic E-state index is 9.65. The molecule has 1 aromatic rings. The van der Waals surface area contributed by atoms with E-state index in [0.29, 0.717) is 22.3 Å². The fourth-order valence-corrected chi connectivity index (χ4v) is 2.31. The molecule has 1 heterocycles. The predicted molar refractivity (Wildman–Crippen MR) is 70.5 cm³/mol. The monoisotopic (exact) mass is 275 g/mol. The van der Waals surface area contributed by atoms with E-state index in [2.05, 4.69) is 10.3 Å². The number of anilines is 2. The first-order valence-electron chi connectivity index (χ1n) is 5.38. The van der Waals surface area contributed by atoms with Gasteiger partial charge in [-0.2, -0.15) is 0 Å². The maximum absolute atomic E-state index is 9.65. The topological polar surface area (TPSA) is 71.2 Å². The first-order chi connectivity index (χ1) is 7.82. The normalized spacial score (nSPS) is 26.4. The Morgan fingerprint density at radius 3 is 2.65 bits per heavy atom. The van der Waals surface area contributed by atoms with Gasteiger partial charge in [0, 0.05) is 11.5 Å². The second-order valence-electron chi connectivity index (χ2n) is 4.96. The Morgan fingerprint density at radius 1 is 1.47 bits per heavy atom. The van der Waals surface area contributed by atoms with Crippen LogP contribution in [-0.4, -0.2) is 22.2 Å². The number of aliphatic hydroxyl groups excluding tert-OH is 1. The van der Waals surface area contributed by atoms with E-state index in [0.717, 1.165) is 0 Å². The Kier molecular flexibility index (Phi) is 3.14. The van der Waals surface area contributed by atoms with Crippen molar-refractivity contribution in [1.82, 2.24) is 4.98 Å². The number of nitrogen functional groups attached to an aromatic ring is 1. The van der Waals surface area contributed by atoms with Gasteiger partial charge in [-0.3, -0.25) is 0 Å². The molecule has 2 rings (SSSR count). The van der Waals surface area contributed by atoms with Gasteiger partial charge in [-0.05, 0) is 12.5 Å². The van der Waals surface area contributed by atoms with Gasteiger partial charge in [0.25, 0.3) is 0 Å². The van der Waals surface area contributed by atoms with Gasteiger partial charge in [0.1, 0.15) is 11.6 Å². The molecule has 0 aromatic carbocycles. The standard InChI is InChI=1S/C11H15Cl2N3O/c1-11(2)7(4-8(11)17)15-10-6(13)3-5(12)9(14)16-10/h3,7-8,17H,4H2,1-2H3,(H3,14,15,16). The smallest absolute Gasteiger partial charge is 0.147 e. The Labute approximate surface area is 110 Å². The van der Waals surface area contributed by atoms with Gasteiger partial charge in [-0.25, -0.2) is 4.98 Å². The zero-order valence-corrected chi connectivity index (χ0v) is 11.2. The summed E-state index contributed by atoms with van der Waals surface area (Å²) < 4.78 is 0. The van der Waals surface area contributed by atoms with Crippen LogP contribution >= 0.6 is 23.2 Å². The van der Waals surface area contributed by atoms with Crippen molar-refractivity contribution in [3.63, 3.8) is 0 Å². The molecular weight excluding hydrogens is 261 g/mol. The predicted octanol–water partition coefficient (Wildman–Crippen LogP) is 2.54. The summed E-state index contributed by atoms with van der Waals surface area (Å²) in [7, 11) is 0. The summed E-state index contributed by atoms with van der Waals surface area (Å²) in [5, 5.41) is 13.6. The van der Waals surface area contributed by atoms with E-state index in [9.17, 15) is 5.11 Å². The largest absolute Gasteiger partial charge is 0.392 e. The van der Waals surface area contributed by atoms with Crippen LogP contribution in [0.15, 0.2) is 6.07 Å². The summed E-state index contributed by atoms with van der Waals surface area (Å²) in [6, 6.07) is 1.69. The van der Waals surface area contributed by atoms with Crippen molar-refractivity contribution in [2.24, 2.45) is 5.41 Å². The minimum atomic E-state index is -0.302. The molecule has 1 aliphatic rings. The quantitative estimate of drug-likeness (QED) is 0.776. The van der Waals surface area contributed by atoms with Crippen LogP contribution in [-0.2, 0) is 0 Å². The van der Waals surface area contributed by atoms with Gasteiger partial charge < -0.3 is 16.2 Å². The van der Waals surface area contributed by atoms with E-state index >= 15 is 0 Å². The number of nitrogens with zero attached hydrogens (tertiary/aromatic N) is 1. The van der Waals surface area contributed by atoms with Crippen molar-refractivity contribution < 1.29 is 5.11 Å². The highest BCUT2D eigenvalue weighted by molar-refractivity contribution is 6.37. The van der Waals surface area contributed by atoms with Gasteiger partial charge in [-0.15, -0.1) is 0 Å². The molecule has 1 aliphatic carbocycles. The van der Waals surface area contributed by atoms with E-state index in [-0.39, 0.29) is 23.4 Å². The third kappa shape index (κ3) is 2.17. The van der Waals surface area contributed by atoms with Crippen LogP contribution in [0, 0.1) is 5.41 Å². The van der Waals surface area contributed by atoms with Gasteiger partial charge in [0.2, 0.25) is 0 Å². The lowest BCUT2D eigenvalue weighted by Gasteiger charge is -2.49. The number of aromatic nitrogens is 1. The molecule has 0 spiro atoms. The van der Waals surface area contributed by atoms with E-state index in [4.69, 9.17) is 28.9 Å². The zero-order chi connectivity index (χ0) is 12.8. The van der Waals surface area contributed by atoms with E-state index in [1.165, 1.54) is 0 Å². The van der Waals surface area contributed by atoms with Crippen LogP contribution in [0.1, 0.15) is 20.3 Å². The van der Waals surface area contributed by atoms with E-state index in [1.807, 2.05) is 13.8 Å². The van der Waals surface area contributed by atoms with Crippen molar-refractivity contribution >= 4 is 34.8 Å². The minimum absolute atomic E-state index is 0.128. The average Bonchev–Trinajstić information content (AvgIpc) is 2.25. The number of nitrogens with two attached hydrogens (primary N) is 1. The molecule has 1 aromatic heterocycles. The lowest BCUT2D eigenvalue weighted by atomic mass is 9.64. The third-order valence-electron chi connectivity index (χ3n) is 3.48. The van der Waals surface area contributed by atoms with Gasteiger partial charge in [0.15, 0.2) is 0 Å². The summed E-state index contributed by atoms with van der Waals surface area (Å²) in [6.45, 7) is 3.98. The summed E-state index contributed by atoms with van der Waals surface area (Å²) in [5.41, 5.74) is 5.43. The van der Waals surface area contributed by atoms with Crippen LogP contribution < -0.4 is 11.1 Å². The average molecular weight is 276 g/mol. The van der Waals surface area contributed by atoms with E-state index in [1.54, 1.807) is 6.07 Å². The molecular formula is C11H15Cl2N3O. The first kappa shape index (κ1) is 12.7. The van der Waals surface area contributed by atoms with Crippen molar-refractivity contribution in [3.05, 3.63) is 16.1 Å². The molecule has 94 valence electrons. The minimum Gasteiger partial charge on any atom is -0.392 e. The molecule has 4 N–H and O–H groups in total. The molecule has 2 atom stereocenters. The van der Waals surface area contributed by atoms with Gasteiger partial charge in [-0.1, -0.05) is 37.0 Å². The molecule has 0 saturated heterocycles. The highest BCUT2D eigenvalue weighted by Gasteiger charge is 2.47. The molecule has 1 fully saturated rings. The summed E-state index contributed by atoms with van der Waals surface area (Å²) in [5.74, 6) is 0.759. The summed E-state index contributed by atoms with van der Waals surface area (Å²) >= 11 is 11.8. The Bertz CT molecular complexity index is 451. The van der Waals surface area contributed by atoms with Crippen LogP contribution in [0.3, 0.4) is 0 Å². The summed E-state index contributed by atoms with van der Waals surface area (Å²) in [6.07, 6.45) is 0.372. The van der Waals surface area contributed by atoms with Crippen molar-refractivity contribution in [2.45, 2.75) is 32.4 Å². The van der Waals surface area contributed by atoms with Gasteiger partial charge in [0.05, 0.1) is 16.1 Å². The molecule has 0 radical (unpaired) electrons. The van der Waals surface area contributed by atoms with Gasteiger partial charge >= 0.3 is 0 Å². The number of halogens is 2. The highest BCUT2D eigenvalue weighted by atomic mass is 35.5. The molecule has 0 bridgehead atoms. The molecule has 0 aliphatic heterocycles. The highest BCUT2D eigenvalue weighted by Crippen LogP contribution is 2.43. The Balaban J connectivity index is 2.18. The third-order valence-corrected chi connectivity index (χ3v) is 4.07. The number of aliphatic hydroxyl groups is 1. The second-order valence-corrected chi connectivity index (χ2v) is 5.77. The molecule has 0 amide bonds. The number of pyridine rings is 1. The lowest BCUT2D eigenvalue weighted by molar-refractivity contribution is -0.0511. The van der Waals surface area contributed by atoms with Crippen molar-refractivity contribution in [3.8, 4) is 0 Å². The molecule has 2 unspecified atom stereocenters. The van der Waals surface area contributed by atoms with Crippen LogP contribution in [0.25, 0.3) is 0 Å². The second kappa shape index (κ2) is 4.19. The summed E-state index contributed by atoms with van der Waals surface area (Å²) in [4.78, 5) is 4.11. The molecule has 4 nitrogen and oxygen atoms in total.